The van der Waals surface area contributed by atoms with Crippen LogP contribution >= 0.6 is 0 Å². The SMILES string of the molecule is CCNC(=O)[C@H]1O[C@@H](C)C(O)[C@H]1O. The van der Waals surface area contributed by atoms with E-state index in [-0.39, 0.29) is 5.91 Å². The highest BCUT2D eigenvalue weighted by Crippen LogP contribution is 2.20. The fourth-order valence-electron chi connectivity index (χ4n) is 1.34. The van der Waals surface area contributed by atoms with Crippen molar-refractivity contribution in [1.82, 2.24) is 5.32 Å². The van der Waals surface area contributed by atoms with Crippen LogP contribution in [0.3, 0.4) is 0 Å². The van der Waals surface area contributed by atoms with E-state index < -0.39 is 24.4 Å². The van der Waals surface area contributed by atoms with E-state index in [1.54, 1.807) is 13.8 Å². The summed E-state index contributed by atoms with van der Waals surface area (Å²) in [5.74, 6) is -0.376. The van der Waals surface area contributed by atoms with E-state index in [0.29, 0.717) is 6.54 Å². The Labute approximate surface area is 76.7 Å². The summed E-state index contributed by atoms with van der Waals surface area (Å²) in [7, 11) is 0. The molecule has 5 heteroatoms. The number of hydrogen-bond donors (Lipinski definition) is 3. The van der Waals surface area contributed by atoms with Gasteiger partial charge in [-0.25, -0.2) is 0 Å². The Hall–Kier alpha value is -0.650. The average Bonchev–Trinajstić information content (AvgIpc) is 2.33. The molecule has 0 aromatic rings. The van der Waals surface area contributed by atoms with E-state index in [0.717, 1.165) is 0 Å². The molecule has 1 saturated heterocycles. The molecule has 1 heterocycles. The first-order valence-corrected chi connectivity index (χ1v) is 4.37. The Bertz CT molecular complexity index is 197. The predicted octanol–water partition coefficient (Wildman–Crippen LogP) is -1.37. The van der Waals surface area contributed by atoms with Crippen LogP contribution in [-0.2, 0) is 9.53 Å². The molecule has 0 spiro atoms. The summed E-state index contributed by atoms with van der Waals surface area (Å²) in [5.41, 5.74) is 0. The van der Waals surface area contributed by atoms with Crippen LogP contribution in [0.2, 0.25) is 0 Å². The molecule has 1 aliphatic heterocycles. The Morgan fingerprint density at radius 3 is 2.46 bits per heavy atom. The Balaban J connectivity index is 2.57. The van der Waals surface area contributed by atoms with Gasteiger partial charge in [-0.15, -0.1) is 0 Å². The smallest absolute Gasteiger partial charge is 0.251 e. The number of ether oxygens (including phenoxy) is 1. The number of carbonyl (C=O) groups excluding carboxylic acids is 1. The summed E-state index contributed by atoms with van der Waals surface area (Å²) in [6.45, 7) is 3.88. The number of nitrogens with one attached hydrogen (secondary N) is 1. The molecule has 13 heavy (non-hydrogen) atoms. The third-order valence-electron chi connectivity index (χ3n) is 2.11. The normalized spacial score (nSPS) is 39.1. The zero-order chi connectivity index (χ0) is 10.0. The van der Waals surface area contributed by atoms with E-state index in [4.69, 9.17) is 4.74 Å². The fraction of sp³-hybridized carbons (Fsp3) is 0.875. The summed E-state index contributed by atoms with van der Waals surface area (Å²) < 4.78 is 5.09. The monoisotopic (exact) mass is 189 g/mol. The van der Waals surface area contributed by atoms with E-state index in [1.807, 2.05) is 0 Å². The Kier molecular flexibility index (Phi) is 3.24. The van der Waals surface area contributed by atoms with Crippen LogP contribution in [0.1, 0.15) is 13.8 Å². The third-order valence-corrected chi connectivity index (χ3v) is 2.11. The molecule has 0 aliphatic carbocycles. The molecule has 0 saturated carbocycles. The molecule has 0 aromatic heterocycles. The highest BCUT2D eigenvalue weighted by atomic mass is 16.5. The molecule has 1 unspecified atom stereocenters. The quantitative estimate of drug-likeness (QED) is 0.501. The molecule has 4 atom stereocenters. The molecular formula is C8H15NO4. The van der Waals surface area contributed by atoms with Gasteiger partial charge < -0.3 is 20.3 Å². The van der Waals surface area contributed by atoms with Gasteiger partial charge in [-0.3, -0.25) is 4.79 Å². The van der Waals surface area contributed by atoms with Crippen molar-refractivity contribution in [2.24, 2.45) is 0 Å². The summed E-state index contributed by atoms with van der Waals surface area (Å²) in [6, 6.07) is 0. The van der Waals surface area contributed by atoms with E-state index >= 15 is 0 Å². The van der Waals surface area contributed by atoms with Gasteiger partial charge in [-0.05, 0) is 13.8 Å². The number of carbonyl (C=O) groups is 1. The molecule has 1 amide bonds. The predicted molar refractivity (Wildman–Crippen MR) is 45.0 cm³/mol. The largest absolute Gasteiger partial charge is 0.388 e. The molecule has 3 N–H and O–H groups in total. The fourth-order valence-corrected chi connectivity index (χ4v) is 1.34. The summed E-state index contributed by atoms with van der Waals surface area (Å²) in [4.78, 5) is 11.2. The number of likely N-dealkylation sites (N-methyl/N-ethyl adjacent to an activating group) is 1. The number of amides is 1. The zero-order valence-corrected chi connectivity index (χ0v) is 7.73. The molecule has 0 radical (unpaired) electrons. The highest BCUT2D eigenvalue weighted by molar-refractivity contribution is 5.81. The Morgan fingerprint density at radius 1 is 1.46 bits per heavy atom. The second kappa shape index (κ2) is 4.04. The van der Waals surface area contributed by atoms with Gasteiger partial charge in [0.05, 0.1) is 6.10 Å². The summed E-state index contributed by atoms with van der Waals surface area (Å²) in [6.07, 6.45) is -3.54. The lowest BCUT2D eigenvalue weighted by Crippen LogP contribution is -2.42. The van der Waals surface area contributed by atoms with Crippen molar-refractivity contribution in [2.75, 3.05) is 6.54 Å². The molecule has 1 aliphatic rings. The van der Waals surface area contributed by atoms with Crippen LogP contribution in [-0.4, -0.2) is 47.1 Å². The van der Waals surface area contributed by atoms with Crippen molar-refractivity contribution in [3.05, 3.63) is 0 Å². The van der Waals surface area contributed by atoms with Crippen LogP contribution < -0.4 is 5.32 Å². The van der Waals surface area contributed by atoms with Crippen molar-refractivity contribution < 1.29 is 19.7 Å². The van der Waals surface area contributed by atoms with Crippen molar-refractivity contribution in [3.63, 3.8) is 0 Å². The number of aliphatic hydroxyl groups excluding tert-OH is 2. The maximum Gasteiger partial charge on any atom is 0.251 e. The lowest BCUT2D eigenvalue weighted by molar-refractivity contribution is -0.135. The first-order chi connectivity index (χ1) is 6.07. The van der Waals surface area contributed by atoms with Gasteiger partial charge >= 0.3 is 0 Å². The zero-order valence-electron chi connectivity index (χ0n) is 7.73. The van der Waals surface area contributed by atoms with E-state index in [9.17, 15) is 15.0 Å². The topological polar surface area (TPSA) is 78.8 Å². The van der Waals surface area contributed by atoms with Crippen LogP contribution in [0.5, 0.6) is 0 Å². The number of hydrogen-bond acceptors (Lipinski definition) is 4. The van der Waals surface area contributed by atoms with Crippen LogP contribution in [0.15, 0.2) is 0 Å². The minimum Gasteiger partial charge on any atom is -0.388 e. The molecule has 1 rings (SSSR count). The first kappa shape index (κ1) is 10.4. The van der Waals surface area contributed by atoms with Crippen LogP contribution in [0.25, 0.3) is 0 Å². The van der Waals surface area contributed by atoms with Crippen LogP contribution in [0, 0.1) is 0 Å². The average molecular weight is 189 g/mol. The van der Waals surface area contributed by atoms with E-state index in [2.05, 4.69) is 5.32 Å². The van der Waals surface area contributed by atoms with Crippen molar-refractivity contribution in [3.8, 4) is 0 Å². The molecular weight excluding hydrogens is 174 g/mol. The Morgan fingerprint density at radius 2 is 2.08 bits per heavy atom. The van der Waals surface area contributed by atoms with Gasteiger partial charge in [0.1, 0.15) is 12.2 Å². The number of rotatable bonds is 2. The van der Waals surface area contributed by atoms with Crippen LogP contribution in [0.4, 0.5) is 0 Å². The maximum atomic E-state index is 11.2. The first-order valence-electron chi connectivity index (χ1n) is 4.37. The van der Waals surface area contributed by atoms with Crippen molar-refractivity contribution in [2.45, 2.75) is 38.3 Å². The lowest BCUT2D eigenvalue weighted by atomic mass is 10.1. The molecule has 5 nitrogen and oxygen atoms in total. The van der Waals surface area contributed by atoms with Crippen molar-refractivity contribution in [1.29, 1.82) is 0 Å². The molecule has 76 valence electrons. The standard InChI is InChI=1S/C8H15NO4/c1-3-9-8(12)7-6(11)5(10)4(2)13-7/h4-7,10-11H,3H2,1-2H3,(H,9,12)/t4-,5?,6+,7-/m0/s1. The van der Waals surface area contributed by atoms with Gasteiger partial charge in [-0.2, -0.15) is 0 Å². The lowest BCUT2D eigenvalue weighted by Gasteiger charge is -2.13. The molecule has 1 fully saturated rings. The summed E-state index contributed by atoms with van der Waals surface area (Å²) >= 11 is 0. The van der Waals surface area contributed by atoms with Gasteiger partial charge in [0.2, 0.25) is 0 Å². The van der Waals surface area contributed by atoms with Gasteiger partial charge in [0, 0.05) is 6.54 Å². The second-order valence-electron chi connectivity index (χ2n) is 3.14. The minimum absolute atomic E-state index is 0.376. The highest BCUT2D eigenvalue weighted by Gasteiger charge is 2.43. The van der Waals surface area contributed by atoms with E-state index in [1.165, 1.54) is 0 Å². The van der Waals surface area contributed by atoms with Gasteiger partial charge in [0.15, 0.2) is 6.10 Å². The molecule has 0 bridgehead atoms. The number of aliphatic hydroxyl groups is 2. The van der Waals surface area contributed by atoms with Crippen molar-refractivity contribution >= 4 is 5.91 Å². The van der Waals surface area contributed by atoms with Gasteiger partial charge in [0.25, 0.3) is 5.91 Å². The molecule has 0 aromatic carbocycles. The second-order valence-corrected chi connectivity index (χ2v) is 3.14. The summed E-state index contributed by atoms with van der Waals surface area (Å²) in [5, 5.41) is 21.2. The maximum absolute atomic E-state index is 11.2. The third kappa shape index (κ3) is 1.99. The minimum atomic E-state index is -1.12. The van der Waals surface area contributed by atoms with Gasteiger partial charge in [-0.1, -0.05) is 0 Å².